The molecule has 0 bridgehead atoms. The highest BCUT2D eigenvalue weighted by Gasteiger charge is 2.17. The van der Waals surface area contributed by atoms with Gasteiger partial charge < -0.3 is 14.2 Å². The second-order valence-corrected chi connectivity index (χ2v) is 18.0. The predicted octanol–water partition coefficient (Wildman–Crippen LogP) is 20.0. The fourth-order valence-corrected chi connectivity index (χ4v) is 7.11. The summed E-state index contributed by atoms with van der Waals surface area (Å²) in [5, 5.41) is 0. The standard InChI is InChI=1S/C67H104O5/c1-4-7-10-13-16-19-22-25-28-31-34-36-39-42-45-48-51-54-57-60-66(68)71-64-65(63-70-62-59-56-53-50-47-44-41-38-33-30-27-24-21-18-15-12-9-6-3)72-67(69)61-58-55-52-49-46-43-40-37-35-32-29-26-23-20-17-14-11-8-5-2/h7-12,16-21,25-30,34-38,41-42,45,51,54,65H,4-6,13-15,22-24,31-33,39-40,43-44,46-50,52-53,55-64H2,1-3H3/b10-7-,11-8-,12-9-,19-16-,20-17-,21-18-,28-25-,29-26-,30-27-,36-34-,37-35-,41-38-,45-42-,54-51-. The second kappa shape index (κ2) is 60.6. The van der Waals surface area contributed by atoms with Crippen molar-refractivity contribution >= 4 is 11.9 Å². The van der Waals surface area contributed by atoms with Gasteiger partial charge in [0.15, 0.2) is 6.10 Å². The fourth-order valence-electron chi connectivity index (χ4n) is 7.11. The van der Waals surface area contributed by atoms with Gasteiger partial charge in [-0.25, -0.2) is 0 Å². The molecule has 0 aliphatic carbocycles. The Balaban J connectivity index is 4.51. The summed E-state index contributed by atoms with van der Waals surface area (Å²) in [6, 6.07) is 0. The minimum absolute atomic E-state index is 0.0187. The van der Waals surface area contributed by atoms with E-state index in [-0.39, 0.29) is 31.6 Å². The second-order valence-electron chi connectivity index (χ2n) is 18.0. The zero-order chi connectivity index (χ0) is 52.0. The van der Waals surface area contributed by atoms with Crippen molar-refractivity contribution < 1.29 is 23.8 Å². The van der Waals surface area contributed by atoms with Gasteiger partial charge in [-0.15, -0.1) is 0 Å². The number of hydrogen-bond acceptors (Lipinski definition) is 5. The minimum Gasteiger partial charge on any atom is -0.462 e. The van der Waals surface area contributed by atoms with Crippen molar-refractivity contribution in [1.29, 1.82) is 0 Å². The average Bonchev–Trinajstić information content (AvgIpc) is 3.38. The van der Waals surface area contributed by atoms with E-state index >= 15 is 0 Å². The molecule has 1 atom stereocenters. The zero-order valence-electron chi connectivity index (χ0n) is 46.1. The van der Waals surface area contributed by atoms with E-state index in [1.165, 1.54) is 38.5 Å². The van der Waals surface area contributed by atoms with Crippen LogP contribution in [-0.2, 0) is 23.8 Å². The number of carbonyl (C=O) groups excluding carboxylic acids is 2. The molecule has 0 spiro atoms. The summed E-state index contributed by atoms with van der Waals surface area (Å²) in [6.07, 6.45) is 91.0. The van der Waals surface area contributed by atoms with Gasteiger partial charge in [0, 0.05) is 19.4 Å². The molecular formula is C67H104O5. The highest BCUT2D eigenvalue weighted by atomic mass is 16.6. The van der Waals surface area contributed by atoms with E-state index in [0.717, 1.165) is 135 Å². The Kier molecular flexibility index (Phi) is 56.6. The van der Waals surface area contributed by atoms with Gasteiger partial charge in [0.05, 0.1) is 6.61 Å². The van der Waals surface area contributed by atoms with E-state index in [1.54, 1.807) is 0 Å². The van der Waals surface area contributed by atoms with E-state index in [0.29, 0.717) is 19.4 Å². The summed E-state index contributed by atoms with van der Waals surface area (Å²) in [5.74, 6) is -0.534. The van der Waals surface area contributed by atoms with Crippen molar-refractivity contribution in [3.05, 3.63) is 170 Å². The van der Waals surface area contributed by atoms with Crippen LogP contribution in [0.25, 0.3) is 0 Å². The number of esters is 2. The molecule has 5 heteroatoms. The van der Waals surface area contributed by atoms with E-state index < -0.39 is 6.10 Å². The lowest BCUT2D eigenvalue weighted by atomic mass is 10.1. The normalized spacial score (nSPS) is 13.5. The molecule has 0 aliphatic rings. The van der Waals surface area contributed by atoms with Crippen molar-refractivity contribution in [1.82, 2.24) is 0 Å². The van der Waals surface area contributed by atoms with Gasteiger partial charge in [0.25, 0.3) is 0 Å². The Morgan fingerprint density at radius 3 is 0.986 bits per heavy atom. The summed E-state index contributed by atoms with van der Waals surface area (Å²) in [5.41, 5.74) is 0. The highest BCUT2D eigenvalue weighted by Crippen LogP contribution is 2.12. The topological polar surface area (TPSA) is 61.8 Å². The number of allylic oxidation sites excluding steroid dienone is 28. The lowest BCUT2D eigenvalue weighted by Crippen LogP contribution is -2.30. The van der Waals surface area contributed by atoms with E-state index in [4.69, 9.17) is 14.2 Å². The van der Waals surface area contributed by atoms with Gasteiger partial charge in [-0.05, 0) is 135 Å². The molecule has 0 heterocycles. The van der Waals surface area contributed by atoms with Crippen molar-refractivity contribution in [3.63, 3.8) is 0 Å². The maximum absolute atomic E-state index is 12.9. The van der Waals surface area contributed by atoms with Crippen LogP contribution < -0.4 is 0 Å². The van der Waals surface area contributed by atoms with Crippen molar-refractivity contribution in [2.45, 2.75) is 219 Å². The van der Waals surface area contributed by atoms with Gasteiger partial charge in [-0.1, -0.05) is 236 Å². The summed E-state index contributed by atoms with van der Waals surface area (Å²) in [7, 11) is 0. The third kappa shape index (κ3) is 57.8. The van der Waals surface area contributed by atoms with E-state index in [9.17, 15) is 9.59 Å². The van der Waals surface area contributed by atoms with Crippen LogP contribution in [0.5, 0.6) is 0 Å². The van der Waals surface area contributed by atoms with Crippen molar-refractivity contribution in [2.24, 2.45) is 0 Å². The zero-order valence-corrected chi connectivity index (χ0v) is 46.1. The smallest absolute Gasteiger partial charge is 0.306 e. The van der Waals surface area contributed by atoms with Crippen LogP contribution in [0, 0.1) is 0 Å². The number of ether oxygens (including phenoxy) is 3. The Hall–Kier alpha value is -4.74. The van der Waals surface area contributed by atoms with Crippen LogP contribution in [0.2, 0.25) is 0 Å². The average molecular weight is 990 g/mol. The van der Waals surface area contributed by atoms with Crippen LogP contribution in [0.3, 0.4) is 0 Å². The van der Waals surface area contributed by atoms with Gasteiger partial charge >= 0.3 is 11.9 Å². The van der Waals surface area contributed by atoms with Crippen LogP contribution in [0.4, 0.5) is 0 Å². The lowest BCUT2D eigenvalue weighted by Gasteiger charge is -2.18. The SMILES string of the molecule is CC/C=C\C/C=C\C/C=C\C/C=C\C/C=C\C/C=C\CCC(=O)OCC(COCCCCCCC/C=C\C/C=C\C/C=C\C/C=C\CC)OC(=O)CCCCCCCC/C=C\C/C=C\C/C=C\C/C=C\CC. The third-order valence-electron chi connectivity index (χ3n) is 11.2. The molecule has 0 saturated carbocycles. The Morgan fingerprint density at radius 2 is 0.611 bits per heavy atom. The Labute approximate surface area is 443 Å². The van der Waals surface area contributed by atoms with Crippen LogP contribution in [0.15, 0.2) is 170 Å². The molecule has 0 aromatic carbocycles. The molecule has 0 aliphatic heterocycles. The molecule has 5 nitrogen and oxygen atoms in total. The van der Waals surface area contributed by atoms with Crippen LogP contribution in [0.1, 0.15) is 213 Å². The Morgan fingerprint density at radius 1 is 0.306 bits per heavy atom. The fraction of sp³-hybridized carbons (Fsp3) is 0.552. The van der Waals surface area contributed by atoms with Crippen LogP contribution >= 0.6 is 0 Å². The predicted molar refractivity (Wildman–Crippen MR) is 315 cm³/mol. The largest absolute Gasteiger partial charge is 0.462 e. The Bertz CT molecular complexity index is 1640. The number of rotatable bonds is 50. The lowest BCUT2D eigenvalue weighted by molar-refractivity contribution is -0.162. The monoisotopic (exact) mass is 989 g/mol. The molecule has 0 radical (unpaired) electrons. The number of hydrogen-bond donors (Lipinski definition) is 0. The summed E-state index contributed by atoms with van der Waals surface area (Å²) in [6.45, 7) is 7.33. The summed E-state index contributed by atoms with van der Waals surface area (Å²) < 4.78 is 17.4. The maximum Gasteiger partial charge on any atom is 0.306 e. The van der Waals surface area contributed by atoms with Gasteiger partial charge in [0.2, 0.25) is 0 Å². The minimum atomic E-state index is -0.600. The first kappa shape index (κ1) is 67.3. The number of carbonyl (C=O) groups is 2. The highest BCUT2D eigenvalue weighted by molar-refractivity contribution is 5.70. The third-order valence-corrected chi connectivity index (χ3v) is 11.2. The molecular weight excluding hydrogens is 885 g/mol. The number of unbranched alkanes of at least 4 members (excludes halogenated alkanes) is 11. The summed E-state index contributed by atoms with van der Waals surface area (Å²) >= 11 is 0. The van der Waals surface area contributed by atoms with Gasteiger partial charge in [0.1, 0.15) is 6.61 Å². The molecule has 1 unspecified atom stereocenters. The molecule has 402 valence electrons. The molecule has 0 amide bonds. The van der Waals surface area contributed by atoms with E-state index in [1.807, 2.05) is 6.08 Å². The molecule has 0 aromatic heterocycles. The van der Waals surface area contributed by atoms with Gasteiger partial charge in [-0.3, -0.25) is 9.59 Å². The molecule has 72 heavy (non-hydrogen) atoms. The molecule has 0 rings (SSSR count). The first-order valence-corrected chi connectivity index (χ1v) is 28.7. The van der Waals surface area contributed by atoms with E-state index in [2.05, 4.69) is 185 Å². The molecule has 0 aromatic rings. The van der Waals surface area contributed by atoms with Crippen molar-refractivity contribution in [2.75, 3.05) is 19.8 Å². The molecule has 0 fully saturated rings. The quantitative estimate of drug-likeness (QED) is 0.0345. The molecule has 0 saturated heterocycles. The van der Waals surface area contributed by atoms with Crippen molar-refractivity contribution in [3.8, 4) is 0 Å². The maximum atomic E-state index is 12.9. The van der Waals surface area contributed by atoms with Crippen LogP contribution in [-0.4, -0.2) is 37.9 Å². The summed E-state index contributed by atoms with van der Waals surface area (Å²) in [4.78, 5) is 25.5. The first-order valence-electron chi connectivity index (χ1n) is 28.7. The first-order chi connectivity index (χ1) is 35.6. The van der Waals surface area contributed by atoms with Gasteiger partial charge in [-0.2, -0.15) is 0 Å². The molecule has 0 N–H and O–H groups in total.